The second-order valence-electron chi connectivity index (χ2n) is 7.21. The van der Waals surface area contributed by atoms with E-state index in [4.69, 9.17) is 4.74 Å². The molecule has 2 unspecified atom stereocenters. The van der Waals surface area contributed by atoms with Crippen molar-refractivity contribution in [1.82, 2.24) is 10.2 Å². The summed E-state index contributed by atoms with van der Waals surface area (Å²) in [5.41, 5.74) is 0.315. The molecule has 1 fully saturated rings. The third kappa shape index (κ3) is 6.71. The summed E-state index contributed by atoms with van der Waals surface area (Å²) in [6.07, 6.45) is 2.66. The van der Waals surface area contributed by atoms with Gasteiger partial charge in [-0.15, -0.1) is 0 Å². The lowest BCUT2D eigenvalue weighted by Gasteiger charge is -2.38. The number of likely N-dealkylation sites (N-methyl/N-ethyl adjacent to an activating group) is 1. The van der Waals surface area contributed by atoms with E-state index in [2.05, 4.69) is 37.9 Å². The number of hydrogen-bond acceptors (Lipinski definition) is 4. The topological polar surface area (TPSA) is 41.6 Å². The van der Waals surface area contributed by atoms with Crippen molar-refractivity contribution >= 4 is 5.97 Å². The fourth-order valence-corrected chi connectivity index (χ4v) is 2.79. The third-order valence-corrected chi connectivity index (χ3v) is 3.97. The minimum atomic E-state index is -0.0853. The van der Waals surface area contributed by atoms with Crippen LogP contribution < -0.4 is 5.32 Å². The van der Waals surface area contributed by atoms with Crippen molar-refractivity contribution in [2.24, 2.45) is 11.3 Å². The number of carbonyl (C=O) groups is 1. The van der Waals surface area contributed by atoms with Crippen LogP contribution in [0.3, 0.4) is 0 Å². The summed E-state index contributed by atoms with van der Waals surface area (Å²) in [4.78, 5) is 13.8. The van der Waals surface area contributed by atoms with Crippen LogP contribution in [0.2, 0.25) is 0 Å². The number of hydrogen-bond donors (Lipinski definition) is 1. The number of rotatable bonds is 6. The molecule has 0 saturated carbocycles. The van der Waals surface area contributed by atoms with Crippen molar-refractivity contribution in [1.29, 1.82) is 0 Å². The molecule has 1 saturated heterocycles. The van der Waals surface area contributed by atoms with Gasteiger partial charge >= 0.3 is 5.97 Å². The van der Waals surface area contributed by atoms with E-state index in [-0.39, 0.29) is 5.97 Å². The standard InChI is InChI=1S/C16H32N2O2/c1-6-18-10-13(7-8-15(19)20-5)9-14(11-18)17-12-16(2,3)4/h13-14,17H,6-12H2,1-5H3. The minimum absolute atomic E-state index is 0.0853. The molecule has 0 radical (unpaired) electrons. The Morgan fingerprint density at radius 2 is 2.05 bits per heavy atom. The van der Waals surface area contributed by atoms with Crippen molar-refractivity contribution in [3.63, 3.8) is 0 Å². The molecule has 4 nitrogen and oxygen atoms in total. The normalized spacial score (nSPS) is 24.6. The number of piperidine rings is 1. The molecule has 1 N–H and O–H groups in total. The van der Waals surface area contributed by atoms with Gasteiger partial charge in [0.05, 0.1) is 7.11 Å². The van der Waals surface area contributed by atoms with E-state index in [0.717, 1.165) is 32.6 Å². The summed E-state index contributed by atoms with van der Waals surface area (Å²) in [5.74, 6) is 0.512. The van der Waals surface area contributed by atoms with Crippen LogP contribution >= 0.6 is 0 Å². The van der Waals surface area contributed by atoms with Gasteiger partial charge < -0.3 is 15.0 Å². The summed E-state index contributed by atoms with van der Waals surface area (Å²) < 4.78 is 4.75. The zero-order valence-electron chi connectivity index (χ0n) is 13.9. The van der Waals surface area contributed by atoms with Crippen LogP contribution in [0.4, 0.5) is 0 Å². The predicted octanol–water partition coefficient (Wildman–Crippen LogP) is 2.29. The van der Waals surface area contributed by atoms with E-state index in [9.17, 15) is 4.79 Å². The van der Waals surface area contributed by atoms with Crippen LogP contribution in [-0.2, 0) is 9.53 Å². The van der Waals surface area contributed by atoms with E-state index in [1.54, 1.807) is 0 Å². The number of nitrogens with zero attached hydrogens (tertiary/aromatic N) is 1. The fourth-order valence-electron chi connectivity index (χ4n) is 2.79. The number of carbonyl (C=O) groups excluding carboxylic acids is 1. The first-order chi connectivity index (χ1) is 9.34. The molecule has 2 atom stereocenters. The molecule has 0 spiro atoms. The van der Waals surface area contributed by atoms with Crippen molar-refractivity contribution in [3.8, 4) is 0 Å². The lowest BCUT2D eigenvalue weighted by Crippen LogP contribution is -2.50. The van der Waals surface area contributed by atoms with Gasteiger partial charge in [-0.2, -0.15) is 0 Å². The number of esters is 1. The van der Waals surface area contributed by atoms with Crippen molar-refractivity contribution in [2.45, 2.75) is 53.0 Å². The third-order valence-electron chi connectivity index (χ3n) is 3.97. The largest absolute Gasteiger partial charge is 0.469 e. The van der Waals surface area contributed by atoms with Crippen LogP contribution in [-0.4, -0.2) is 50.2 Å². The second kappa shape index (κ2) is 7.99. The maximum atomic E-state index is 11.3. The van der Waals surface area contributed by atoms with Crippen molar-refractivity contribution < 1.29 is 9.53 Å². The first-order valence-electron chi connectivity index (χ1n) is 7.86. The Labute approximate surface area is 124 Å². The average Bonchev–Trinajstić information content (AvgIpc) is 2.41. The molecule has 0 aliphatic carbocycles. The number of methoxy groups -OCH3 is 1. The molecule has 4 heteroatoms. The molecule has 0 aromatic rings. The molecule has 1 rings (SSSR count). The van der Waals surface area contributed by atoms with Gasteiger partial charge in [0, 0.05) is 32.1 Å². The molecule has 0 bridgehead atoms. The molecule has 1 aliphatic heterocycles. The highest BCUT2D eigenvalue weighted by molar-refractivity contribution is 5.69. The summed E-state index contributed by atoms with van der Waals surface area (Å²) in [6.45, 7) is 13.4. The quantitative estimate of drug-likeness (QED) is 0.760. The second-order valence-corrected chi connectivity index (χ2v) is 7.21. The van der Waals surface area contributed by atoms with E-state index in [1.807, 2.05) is 0 Å². The van der Waals surface area contributed by atoms with Crippen LogP contribution in [0.5, 0.6) is 0 Å². The zero-order chi connectivity index (χ0) is 15.2. The highest BCUT2D eigenvalue weighted by Crippen LogP contribution is 2.22. The summed E-state index contributed by atoms with van der Waals surface area (Å²) in [6, 6.07) is 0.547. The summed E-state index contributed by atoms with van der Waals surface area (Å²) in [7, 11) is 1.47. The monoisotopic (exact) mass is 284 g/mol. The molecule has 1 aliphatic rings. The number of likely N-dealkylation sites (tertiary alicyclic amines) is 1. The van der Waals surface area contributed by atoms with Crippen LogP contribution in [0.25, 0.3) is 0 Å². The molecule has 0 amide bonds. The van der Waals surface area contributed by atoms with Gasteiger partial charge in [0.1, 0.15) is 0 Å². The van der Waals surface area contributed by atoms with Gasteiger partial charge in [0.15, 0.2) is 0 Å². The Kier molecular flexibility index (Phi) is 6.96. The summed E-state index contributed by atoms with van der Waals surface area (Å²) in [5, 5.41) is 3.70. The van der Waals surface area contributed by atoms with Crippen molar-refractivity contribution in [3.05, 3.63) is 0 Å². The molecule has 118 valence electrons. The smallest absolute Gasteiger partial charge is 0.305 e. The van der Waals surface area contributed by atoms with Crippen LogP contribution in [0, 0.1) is 11.3 Å². The predicted molar refractivity (Wildman–Crippen MR) is 82.7 cm³/mol. The van der Waals surface area contributed by atoms with Gasteiger partial charge in [0.2, 0.25) is 0 Å². The van der Waals surface area contributed by atoms with Gasteiger partial charge in [-0.05, 0) is 30.7 Å². The lowest BCUT2D eigenvalue weighted by molar-refractivity contribution is -0.141. The van der Waals surface area contributed by atoms with Gasteiger partial charge in [-0.3, -0.25) is 4.79 Å². The van der Waals surface area contributed by atoms with Crippen LogP contribution in [0.15, 0.2) is 0 Å². The molecular weight excluding hydrogens is 252 g/mol. The van der Waals surface area contributed by atoms with E-state index in [1.165, 1.54) is 13.5 Å². The number of nitrogens with one attached hydrogen (secondary N) is 1. The fraction of sp³-hybridized carbons (Fsp3) is 0.938. The first-order valence-corrected chi connectivity index (χ1v) is 7.86. The van der Waals surface area contributed by atoms with Crippen LogP contribution in [0.1, 0.15) is 47.0 Å². The molecule has 0 aromatic heterocycles. The van der Waals surface area contributed by atoms with E-state index in [0.29, 0.717) is 23.8 Å². The Bertz CT molecular complexity index is 299. The Balaban J connectivity index is 2.45. The van der Waals surface area contributed by atoms with Gasteiger partial charge in [0.25, 0.3) is 0 Å². The Morgan fingerprint density at radius 1 is 1.35 bits per heavy atom. The number of ether oxygens (including phenoxy) is 1. The first kappa shape index (κ1) is 17.4. The maximum Gasteiger partial charge on any atom is 0.305 e. The average molecular weight is 284 g/mol. The Morgan fingerprint density at radius 3 is 2.60 bits per heavy atom. The molecule has 1 heterocycles. The van der Waals surface area contributed by atoms with E-state index >= 15 is 0 Å². The zero-order valence-corrected chi connectivity index (χ0v) is 13.9. The molecule has 0 aromatic carbocycles. The summed E-state index contributed by atoms with van der Waals surface area (Å²) >= 11 is 0. The van der Waals surface area contributed by atoms with Gasteiger partial charge in [-0.1, -0.05) is 27.7 Å². The minimum Gasteiger partial charge on any atom is -0.469 e. The SMILES string of the molecule is CCN1CC(CCC(=O)OC)CC(NCC(C)(C)C)C1. The van der Waals surface area contributed by atoms with Crippen molar-refractivity contribution in [2.75, 3.05) is 33.3 Å². The van der Waals surface area contributed by atoms with Gasteiger partial charge in [-0.25, -0.2) is 0 Å². The molecule has 20 heavy (non-hydrogen) atoms. The maximum absolute atomic E-state index is 11.3. The Hall–Kier alpha value is -0.610. The van der Waals surface area contributed by atoms with E-state index < -0.39 is 0 Å². The highest BCUT2D eigenvalue weighted by atomic mass is 16.5. The highest BCUT2D eigenvalue weighted by Gasteiger charge is 2.27. The molecular formula is C16H32N2O2. The lowest BCUT2D eigenvalue weighted by atomic mass is 9.89.